The van der Waals surface area contributed by atoms with E-state index in [0.717, 1.165) is 22.2 Å². The number of piperidine rings is 1. The number of hydrogen-bond donors (Lipinski definition) is 0. The highest BCUT2D eigenvalue weighted by atomic mass is 16.2. The van der Waals surface area contributed by atoms with E-state index in [4.69, 9.17) is 0 Å². The van der Waals surface area contributed by atoms with Gasteiger partial charge in [-0.05, 0) is 50.3 Å². The number of carbonyl (C=O) groups is 1. The first kappa shape index (κ1) is 20.1. The van der Waals surface area contributed by atoms with Crippen LogP contribution in [0.25, 0.3) is 16.6 Å². The van der Waals surface area contributed by atoms with E-state index >= 15 is 0 Å². The van der Waals surface area contributed by atoms with Crippen molar-refractivity contribution < 1.29 is 4.79 Å². The van der Waals surface area contributed by atoms with Gasteiger partial charge in [-0.2, -0.15) is 5.10 Å². The first-order valence-electron chi connectivity index (χ1n) is 10.8. The van der Waals surface area contributed by atoms with Crippen LogP contribution in [0.3, 0.4) is 0 Å². The van der Waals surface area contributed by atoms with Crippen molar-refractivity contribution in [2.75, 3.05) is 13.1 Å². The van der Waals surface area contributed by atoms with Crippen molar-refractivity contribution in [3.05, 3.63) is 82.2 Å². The van der Waals surface area contributed by atoms with Crippen LogP contribution in [0.4, 0.5) is 0 Å². The summed E-state index contributed by atoms with van der Waals surface area (Å²) < 4.78 is 3.29. The van der Waals surface area contributed by atoms with Crippen LogP contribution in [-0.2, 0) is 0 Å². The van der Waals surface area contributed by atoms with Crippen LogP contribution in [0.2, 0.25) is 0 Å². The average Bonchev–Trinajstić information content (AvgIpc) is 3.16. The minimum Gasteiger partial charge on any atom is -0.337 e. The van der Waals surface area contributed by atoms with Gasteiger partial charge in [-0.25, -0.2) is 9.36 Å². The molecule has 0 aliphatic carbocycles. The minimum atomic E-state index is -0.143. The van der Waals surface area contributed by atoms with E-state index in [9.17, 15) is 9.59 Å². The highest BCUT2D eigenvalue weighted by molar-refractivity contribution is 6.05. The lowest BCUT2D eigenvalue weighted by Crippen LogP contribution is -2.41. The van der Waals surface area contributed by atoms with Gasteiger partial charge >= 0.3 is 0 Å². The summed E-state index contributed by atoms with van der Waals surface area (Å²) in [5.41, 5.74) is 2.19. The number of aromatic nitrogens is 5. The second kappa shape index (κ2) is 8.03. The van der Waals surface area contributed by atoms with Gasteiger partial charge in [0, 0.05) is 36.4 Å². The molecule has 3 aromatic heterocycles. The van der Waals surface area contributed by atoms with Crippen LogP contribution < -0.4 is 5.56 Å². The quantitative estimate of drug-likeness (QED) is 0.501. The van der Waals surface area contributed by atoms with Gasteiger partial charge in [-0.3, -0.25) is 14.6 Å². The molecule has 0 saturated carbocycles. The van der Waals surface area contributed by atoms with E-state index in [-0.39, 0.29) is 17.5 Å². The number of fused-ring (bicyclic) bond motifs is 1. The molecule has 0 spiro atoms. The highest BCUT2D eigenvalue weighted by Gasteiger charge is 2.27. The maximum absolute atomic E-state index is 13.2. The summed E-state index contributed by atoms with van der Waals surface area (Å²) in [4.78, 5) is 31.9. The lowest BCUT2D eigenvalue weighted by atomic mass is 10.0. The first-order valence-corrected chi connectivity index (χ1v) is 10.8. The Balaban J connectivity index is 1.36. The van der Waals surface area contributed by atoms with Crippen molar-refractivity contribution in [2.45, 2.75) is 32.7 Å². The van der Waals surface area contributed by atoms with Crippen molar-refractivity contribution in [3.8, 4) is 5.82 Å². The first-order chi connectivity index (χ1) is 15.5. The van der Waals surface area contributed by atoms with Gasteiger partial charge in [-0.1, -0.05) is 24.3 Å². The summed E-state index contributed by atoms with van der Waals surface area (Å²) in [6, 6.07) is 14.8. The molecule has 1 amide bonds. The Morgan fingerprint density at radius 2 is 1.78 bits per heavy atom. The number of hydrogen-bond acceptors (Lipinski definition) is 5. The van der Waals surface area contributed by atoms with E-state index in [0.29, 0.717) is 37.4 Å². The number of carbonyl (C=O) groups excluding carboxylic acids is 1. The fourth-order valence-corrected chi connectivity index (χ4v) is 4.40. The molecule has 1 aliphatic heterocycles. The summed E-state index contributed by atoms with van der Waals surface area (Å²) in [7, 11) is 0. The van der Waals surface area contributed by atoms with Crippen molar-refractivity contribution in [1.29, 1.82) is 0 Å². The predicted molar refractivity (Wildman–Crippen MR) is 121 cm³/mol. The Bertz CT molecular complexity index is 1360. The van der Waals surface area contributed by atoms with Crippen LogP contribution in [0, 0.1) is 13.8 Å². The third kappa shape index (κ3) is 3.57. The third-order valence-corrected chi connectivity index (χ3v) is 6.01. The fourth-order valence-electron chi connectivity index (χ4n) is 4.40. The zero-order valence-corrected chi connectivity index (χ0v) is 18.1. The minimum absolute atomic E-state index is 0.0658. The predicted octanol–water partition coefficient (Wildman–Crippen LogP) is 3.07. The van der Waals surface area contributed by atoms with Crippen molar-refractivity contribution >= 4 is 16.7 Å². The molecule has 1 fully saturated rings. The zero-order valence-electron chi connectivity index (χ0n) is 18.1. The number of amides is 1. The summed E-state index contributed by atoms with van der Waals surface area (Å²) >= 11 is 0. The molecule has 0 bridgehead atoms. The van der Waals surface area contributed by atoms with Crippen LogP contribution in [0.5, 0.6) is 0 Å². The van der Waals surface area contributed by atoms with E-state index in [1.165, 1.54) is 6.07 Å². The number of nitrogens with zero attached hydrogens (tertiary/aromatic N) is 6. The maximum atomic E-state index is 13.2. The second-order valence-electron chi connectivity index (χ2n) is 8.22. The standard InChI is InChI=1S/C24H24N6O2/c1-16-15-17(2)29(26-16)21-7-8-22(31)30(27-21)19-10-13-28(14-11-19)24(32)23-20-6-4-3-5-18(20)9-12-25-23/h3-9,12,15,19H,10-11,13-14H2,1-2H3. The summed E-state index contributed by atoms with van der Waals surface area (Å²) in [6.45, 7) is 4.99. The second-order valence-corrected chi connectivity index (χ2v) is 8.22. The molecule has 0 radical (unpaired) electrons. The Morgan fingerprint density at radius 3 is 2.53 bits per heavy atom. The Hall–Kier alpha value is -3.81. The molecular formula is C24H24N6O2. The number of rotatable bonds is 3. The van der Waals surface area contributed by atoms with Gasteiger partial charge in [0.25, 0.3) is 11.5 Å². The van der Waals surface area contributed by atoms with Crippen LogP contribution >= 0.6 is 0 Å². The Labute approximate surface area is 185 Å². The van der Waals surface area contributed by atoms with E-state index in [1.54, 1.807) is 21.6 Å². The topological polar surface area (TPSA) is 85.9 Å². The van der Waals surface area contributed by atoms with Gasteiger partial charge in [0.05, 0.1) is 11.7 Å². The zero-order chi connectivity index (χ0) is 22.2. The Kier molecular flexibility index (Phi) is 5.05. The van der Waals surface area contributed by atoms with E-state index < -0.39 is 0 Å². The van der Waals surface area contributed by atoms with E-state index in [2.05, 4.69) is 15.2 Å². The van der Waals surface area contributed by atoms with Gasteiger partial charge in [0.15, 0.2) is 5.82 Å². The summed E-state index contributed by atoms with van der Waals surface area (Å²) in [5.74, 6) is 0.547. The number of benzene rings is 1. The fraction of sp³-hybridized carbons (Fsp3) is 0.292. The average molecular weight is 428 g/mol. The molecule has 0 atom stereocenters. The maximum Gasteiger partial charge on any atom is 0.273 e. The molecule has 5 rings (SSSR count). The van der Waals surface area contributed by atoms with Crippen LogP contribution in [0.1, 0.15) is 40.8 Å². The SMILES string of the molecule is Cc1cc(C)n(-c2ccc(=O)n(C3CCN(C(=O)c4nccc5ccccc45)CC3)n2)n1. The van der Waals surface area contributed by atoms with E-state index in [1.807, 2.05) is 55.1 Å². The monoisotopic (exact) mass is 428 g/mol. The molecule has 8 heteroatoms. The molecule has 32 heavy (non-hydrogen) atoms. The van der Waals surface area contributed by atoms with Crippen LogP contribution in [-0.4, -0.2) is 48.4 Å². The molecule has 1 aromatic carbocycles. The summed E-state index contributed by atoms with van der Waals surface area (Å²) in [6.07, 6.45) is 2.99. The summed E-state index contributed by atoms with van der Waals surface area (Å²) in [5, 5.41) is 10.9. The normalized spacial score (nSPS) is 14.8. The molecule has 1 aliphatic rings. The molecule has 4 heterocycles. The lowest BCUT2D eigenvalue weighted by Gasteiger charge is -2.32. The molecular weight excluding hydrogens is 404 g/mol. The highest BCUT2D eigenvalue weighted by Crippen LogP contribution is 2.24. The van der Waals surface area contributed by atoms with Gasteiger partial charge in [0.2, 0.25) is 0 Å². The third-order valence-electron chi connectivity index (χ3n) is 6.01. The smallest absolute Gasteiger partial charge is 0.273 e. The van der Waals surface area contributed by atoms with Crippen LogP contribution in [0.15, 0.2) is 59.5 Å². The number of pyridine rings is 1. The largest absolute Gasteiger partial charge is 0.337 e. The number of aryl methyl sites for hydroxylation is 2. The molecule has 0 N–H and O–H groups in total. The number of likely N-dealkylation sites (tertiary alicyclic amines) is 1. The molecule has 1 saturated heterocycles. The Morgan fingerprint density at radius 1 is 1.00 bits per heavy atom. The van der Waals surface area contributed by atoms with Crippen molar-refractivity contribution in [1.82, 2.24) is 29.4 Å². The van der Waals surface area contributed by atoms with Crippen molar-refractivity contribution in [2.24, 2.45) is 0 Å². The van der Waals surface area contributed by atoms with Gasteiger partial charge in [-0.15, -0.1) is 5.10 Å². The molecule has 4 aromatic rings. The molecule has 0 unspecified atom stereocenters. The lowest BCUT2D eigenvalue weighted by molar-refractivity contribution is 0.0684. The molecule has 162 valence electrons. The van der Waals surface area contributed by atoms with Gasteiger partial charge < -0.3 is 4.90 Å². The molecule has 8 nitrogen and oxygen atoms in total. The van der Waals surface area contributed by atoms with Gasteiger partial charge in [0.1, 0.15) is 5.69 Å². The van der Waals surface area contributed by atoms with Crippen molar-refractivity contribution in [3.63, 3.8) is 0 Å².